The number of hydrogen-bond acceptors (Lipinski definition) is 2. The summed E-state index contributed by atoms with van der Waals surface area (Å²) in [6.07, 6.45) is 6.15. The van der Waals surface area contributed by atoms with Gasteiger partial charge >= 0.3 is 0 Å². The number of ether oxygens (including phenoxy) is 1. The second-order valence-corrected chi connectivity index (χ2v) is 3.76. The van der Waals surface area contributed by atoms with Gasteiger partial charge in [-0.05, 0) is 30.5 Å². The minimum atomic E-state index is -0.188. The van der Waals surface area contributed by atoms with E-state index in [0.29, 0.717) is 0 Å². The molecule has 0 aliphatic heterocycles. The van der Waals surface area contributed by atoms with Crippen LogP contribution in [-0.2, 0) is 5.54 Å². The summed E-state index contributed by atoms with van der Waals surface area (Å²) < 4.78 is 5.11. The fraction of sp³-hybridized carbons (Fsp3) is 0.333. The van der Waals surface area contributed by atoms with Crippen molar-refractivity contribution in [1.29, 1.82) is 0 Å². The van der Waals surface area contributed by atoms with Crippen molar-refractivity contribution in [2.75, 3.05) is 7.11 Å². The summed E-state index contributed by atoms with van der Waals surface area (Å²) in [4.78, 5) is 0. The lowest BCUT2D eigenvalue weighted by Crippen LogP contribution is -2.33. The number of rotatable bonds is 2. The van der Waals surface area contributed by atoms with Gasteiger partial charge in [0.25, 0.3) is 0 Å². The molecule has 0 amide bonds. The molecule has 0 bridgehead atoms. The van der Waals surface area contributed by atoms with Crippen LogP contribution >= 0.6 is 0 Å². The Kier molecular flexibility index (Phi) is 2.30. The van der Waals surface area contributed by atoms with E-state index in [1.54, 1.807) is 7.11 Å². The average Bonchev–Trinajstić information content (AvgIpc) is 2.67. The lowest BCUT2D eigenvalue weighted by molar-refractivity contribution is 0.413. The van der Waals surface area contributed by atoms with E-state index < -0.39 is 0 Å². The molecule has 14 heavy (non-hydrogen) atoms. The van der Waals surface area contributed by atoms with E-state index in [-0.39, 0.29) is 5.54 Å². The largest absolute Gasteiger partial charge is 0.497 e. The third-order valence-corrected chi connectivity index (χ3v) is 2.80. The number of nitrogens with two attached hydrogens (primary N) is 1. The Labute approximate surface area is 84.4 Å². The first-order valence-electron chi connectivity index (χ1n) is 4.83. The highest BCUT2D eigenvalue weighted by atomic mass is 16.5. The predicted octanol–water partition coefficient (Wildman–Crippen LogP) is 2.20. The van der Waals surface area contributed by atoms with Gasteiger partial charge in [-0.25, -0.2) is 0 Å². The van der Waals surface area contributed by atoms with Crippen LogP contribution in [-0.4, -0.2) is 7.11 Å². The van der Waals surface area contributed by atoms with E-state index in [4.69, 9.17) is 10.5 Å². The average molecular weight is 189 g/mol. The van der Waals surface area contributed by atoms with Crippen LogP contribution in [0.15, 0.2) is 36.4 Å². The zero-order chi connectivity index (χ0) is 10.0. The summed E-state index contributed by atoms with van der Waals surface area (Å²) >= 11 is 0. The van der Waals surface area contributed by atoms with Gasteiger partial charge in [-0.2, -0.15) is 0 Å². The van der Waals surface area contributed by atoms with Gasteiger partial charge in [0.2, 0.25) is 0 Å². The smallest absolute Gasteiger partial charge is 0.118 e. The monoisotopic (exact) mass is 189 g/mol. The molecule has 0 heterocycles. The molecule has 0 atom stereocenters. The highest BCUT2D eigenvalue weighted by Crippen LogP contribution is 2.32. The fourth-order valence-electron chi connectivity index (χ4n) is 1.83. The zero-order valence-electron chi connectivity index (χ0n) is 8.36. The van der Waals surface area contributed by atoms with Gasteiger partial charge < -0.3 is 10.5 Å². The molecule has 0 radical (unpaired) electrons. The first-order valence-corrected chi connectivity index (χ1v) is 4.83. The molecule has 2 heteroatoms. The van der Waals surface area contributed by atoms with Crippen molar-refractivity contribution in [3.8, 4) is 5.75 Å². The Morgan fingerprint density at radius 3 is 2.21 bits per heavy atom. The Hall–Kier alpha value is -1.28. The Morgan fingerprint density at radius 1 is 1.14 bits per heavy atom. The van der Waals surface area contributed by atoms with Crippen LogP contribution in [0, 0.1) is 0 Å². The second-order valence-electron chi connectivity index (χ2n) is 3.76. The van der Waals surface area contributed by atoms with E-state index in [2.05, 4.69) is 12.2 Å². The molecule has 0 fully saturated rings. The molecule has 1 aliphatic rings. The van der Waals surface area contributed by atoms with Gasteiger partial charge in [0.1, 0.15) is 5.75 Å². The molecule has 2 N–H and O–H groups in total. The van der Waals surface area contributed by atoms with E-state index in [1.807, 2.05) is 24.3 Å². The molecule has 2 nitrogen and oxygen atoms in total. The van der Waals surface area contributed by atoms with Gasteiger partial charge in [0, 0.05) is 5.54 Å². The van der Waals surface area contributed by atoms with Crippen molar-refractivity contribution in [2.24, 2.45) is 5.73 Å². The zero-order valence-corrected chi connectivity index (χ0v) is 8.36. The minimum absolute atomic E-state index is 0.188. The molecule has 74 valence electrons. The van der Waals surface area contributed by atoms with Crippen LogP contribution < -0.4 is 10.5 Å². The fourth-order valence-corrected chi connectivity index (χ4v) is 1.83. The van der Waals surface area contributed by atoms with Crippen molar-refractivity contribution in [3.05, 3.63) is 42.0 Å². The topological polar surface area (TPSA) is 35.2 Å². The van der Waals surface area contributed by atoms with Crippen molar-refractivity contribution >= 4 is 0 Å². The summed E-state index contributed by atoms with van der Waals surface area (Å²) in [7, 11) is 1.67. The van der Waals surface area contributed by atoms with Crippen molar-refractivity contribution in [2.45, 2.75) is 18.4 Å². The first kappa shape index (κ1) is 9.28. The van der Waals surface area contributed by atoms with Crippen molar-refractivity contribution in [3.63, 3.8) is 0 Å². The molecule has 0 unspecified atom stereocenters. The molecule has 1 aromatic carbocycles. The van der Waals surface area contributed by atoms with E-state index in [9.17, 15) is 0 Å². The maximum absolute atomic E-state index is 6.27. The highest BCUT2D eigenvalue weighted by Gasteiger charge is 2.27. The maximum Gasteiger partial charge on any atom is 0.118 e. The second kappa shape index (κ2) is 3.46. The lowest BCUT2D eigenvalue weighted by atomic mass is 9.89. The minimum Gasteiger partial charge on any atom is -0.497 e. The third-order valence-electron chi connectivity index (χ3n) is 2.80. The van der Waals surface area contributed by atoms with Crippen molar-refractivity contribution < 1.29 is 4.74 Å². The molecule has 2 rings (SSSR count). The van der Waals surface area contributed by atoms with E-state index in [1.165, 1.54) is 5.56 Å². The quantitative estimate of drug-likeness (QED) is 0.724. The van der Waals surface area contributed by atoms with E-state index >= 15 is 0 Å². The number of benzene rings is 1. The van der Waals surface area contributed by atoms with Gasteiger partial charge in [-0.1, -0.05) is 24.3 Å². The van der Waals surface area contributed by atoms with Gasteiger partial charge in [0.05, 0.1) is 7.11 Å². The summed E-state index contributed by atoms with van der Waals surface area (Å²) in [5.74, 6) is 0.878. The van der Waals surface area contributed by atoms with E-state index in [0.717, 1.165) is 18.6 Å². The molecule has 1 aliphatic carbocycles. The molecule has 1 aromatic rings. The van der Waals surface area contributed by atoms with Gasteiger partial charge in [-0.15, -0.1) is 0 Å². The Morgan fingerprint density at radius 2 is 1.71 bits per heavy atom. The molecule has 0 spiro atoms. The van der Waals surface area contributed by atoms with Crippen LogP contribution in [0.1, 0.15) is 18.4 Å². The molecule has 0 saturated carbocycles. The summed E-state index contributed by atoms with van der Waals surface area (Å²) in [5, 5.41) is 0. The number of methoxy groups -OCH3 is 1. The SMILES string of the molecule is COc1ccc(C2(N)CC=CC2)cc1. The predicted molar refractivity (Wildman–Crippen MR) is 57.2 cm³/mol. The summed E-state index contributed by atoms with van der Waals surface area (Å²) in [5.41, 5.74) is 7.26. The summed E-state index contributed by atoms with van der Waals surface area (Å²) in [6, 6.07) is 8.02. The Bertz CT molecular complexity index is 332. The van der Waals surface area contributed by atoms with Gasteiger partial charge in [0.15, 0.2) is 0 Å². The lowest BCUT2D eigenvalue weighted by Gasteiger charge is -2.24. The van der Waals surface area contributed by atoms with Crippen LogP contribution in [0.2, 0.25) is 0 Å². The molecule has 0 aromatic heterocycles. The molecular formula is C12H15NO. The standard InChI is InChI=1S/C12H15NO/c1-14-11-6-4-10(5-7-11)12(13)8-2-3-9-12/h2-7H,8-9,13H2,1H3. The highest BCUT2D eigenvalue weighted by molar-refractivity contribution is 5.34. The van der Waals surface area contributed by atoms with Gasteiger partial charge in [-0.3, -0.25) is 0 Å². The first-order chi connectivity index (χ1) is 6.74. The van der Waals surface area contributed by atoms with Crippen molar-refractivity contribution in [1.82, 2.24) is 0 Å². The number of hydrogen-bond donors (Lipinski definition) is 1. The molecule has 0 saturated heterocycles. The Balaban J connectivity index is 2.24. The van der Waals surface area contributed by atoms with Crippen LogP contribution in [0.25, 0.3) is 0 Å². The maximum atomic E-state index is 6.27. The summed E-state index contributed by atoms with van der Waals surface area (Å²) in [6.45, 7) is 0. The molecular weight excluding hydrogens is 174 g/mol. The normalized spacial score (nSPS) is 18.4. The van der Waals surface area contributed by atoms with Crippen LogP contribution in [0.3, 0.4) is 0 Å². The van der Waals surface area contributed by atoms with Crippen LogP contribution in [0.5, 0.6) is 5.75 Å². The van der Waals surface area contributed by atoms with Crippen LogP contribution in [0.4, 0.5) is 0 Å². The third kappa shape index (κ3) is 1.53.